The zero-order chi connectivity index (χ0) is 9.26. The predicted molar refractivity (Wildman–Crippen MR) is 48.2 cm³/mol. The molecule has 0 N–H and O–H groups in total. The molecule has 0 atom stereocenters. The van der Waals surface area contributed by atoms with Crippen molar-refractivity contribution in [1.82, 2.24) is 4.42 Å². The molecule has 0 saturated carbocycles. The lowest BCUT2D eigenvalue weighted by Crippen LogP contribution is -2.48. The summed E-state index contributed by atoms with van der Waals surface area (Å²) in [5, 5.41) is 0. The Labute approximate surface area is 81.0 Å². The van der Waals surface area contributed by atoms with E-state index >= 15 is 0 Å². The van der Waals surface area contributed by atoms with E-state index in [0.29, 0.717) is 5.75 Å². The van der Waals surface area contributed by atoms with Gasteiger partial charge in [-0.25, -0.2) is 8.81 Å². The minimum Gasteiger partial charge on any atom is -0.488 e. The lowest BCUT2D eigenvalue weighted by Gasteiger charge is -2.33. The molecule has 2 rings (SSSR count). The molecule has 0 aromatic heterocycles. The second-order valence-corrected chi connectivity index (χ2v) is 3.50. The Hall–Kier alpha value is -0.800. The summed E-state index contributed by atoms with van der Waals surface area (Å²) in [5.74, 6) is 0.441. The Bertz CT molecular complexity index is 284. The topological polar surface area (TPSA) is 12.5 Å². The number of benzene rings is 1. The normalized spacial score (nSPS) is 18.3. The van der Waals surface area contributed by atoms with Gasteiger partial charge in [-0.2, -0.15) is 0 Å². The quantitative estimate of drug-likeness (QED) is 0.679. The Kier molecular flexibility index (Phi) is 2.38. The monoisotopic (exact) mass is 201 g/mol. The van der Waals surface area contributed by atoms with Crippen LogP contribution in [0.2, 0.25) is 0 Å². The maximum absolute atomic E-state index is 12.5. The van der Waals surface area contributed by atoms with Crippen LogP contribution in [0.25, 0.3) is 0 Å². The van der Waals surface area contributed by atoms with Crippen LogP contribution in [0.5, 0.6) is 5.75 Å². The van der Waals surface area contributed by atoms with Crippen molar-refractivity contribution in [1.29, 1.82) is 0 Å². The average Bonchev–Trinajstić information content (AvgIpc) is 2.06. The van der Waals surface area contributed by atoms with Gasteiger partial charge in [0.15, 0.2) is 0 Å². The van der Waals surface area contributed by atoms with Crippen LogP contribution in [0.3, 0.4) is 0 Å². The summed E-state index contributed by atoms with van der Waals surface area (Å²) >= 11 is 5.63. The first kappa shape index (κ1) is 8.78. The summed E-state index contributed by atoms with van der Waals surface area (Å²) in [6.07, 6.45) is 0.142. The van der Waals surface area contributed by atoms with E-state index in [1.54, 1.807) is 16.6 Å². The number of hydrogen-bond acceptors (Lipinski definition) is 2. The lowest BCUT2D eigenvalue weighted by atomic mass is 10.2. The molecular weight excluding hydrogens is 193 g/mol. The van der Waals surface area contributed by atoms with Gasteiger partial charge < -0.3 is 4.74 Å². The maximum atomic E-state index is 12.5. The molecule has 0 aliphatic carbocycles. The highest BCUT2D eigenvalue weighted by Crippen LogP contribution is 2.19. The van der Waals surface area contributed by atoms with Gasteiger partial charge in [-0.1, -0.05) is 0 Å². The highest BCUT2D eigenvalue weighted by Gasteiger charge is 2.26. The van der Waals surface area contributed by atoms with Crippen LogP contribution in [0.15, 0.2) is 24.3 Å². The largest absolute Gasteiger partial charge is 0.488 e. The zero-order valence-electron chi connectivity index (χ0n) is 6.91. The summed E-state index contributed by atoms with van der Waals surface area (Å²) in [4.78, 5) is 0. The maximum Gasteiger partial charge on any atom is 0.127 e. The summed E-state index contributed by atoms with van der Waals surface area (Å²) < 4.78 is 19.6. The van der Waals surface area contributed by atoms with E-state index in [4.69, 9.17) is 16.5 Å². The van der Waals surface area contributed by atoms with Crippen LogP contribution in [0.4, 0.5) is 4.39 Å². The standard InChI is InChI=1S/C9H9ClFNO/c10-12-5-9(6-12)13-8-3-1-7(11)2-4-8/h1-4,9H,5-6H2. The molecule has 2 nitrogen and oxygen atoms in total. The van der Waals surface area contributed by atoms with Crippen LogP contribution in [-0.4, -0.2) is 23.6 Å². The third-order valence-electron chi connectivity index (χ3n) is 1.92. The molecule has 1 aromatic carbocycles. The molecule has 70 valence electrons. The van der Waals surface area contributed by atoms with Crippen molar-refractivity contribution < 1.29 is 9.13 Å². The fourth-order valence-corrected chi connectivity index (χ4v) is 1.48. The van der Waals surface area contributed by atoms with Crippen LogP contribution >= 0.6 is 11.8 Å². The number of hydrogen-bond donors (Lipinski definition) is 0. The number of ether oxygens (including phenoxy) is 1. The molecule has 13 heavy (non-hydrogen) atoms. The summed E-state index contributed by atoms with van der Waals surface area (Å²) in [6.45, 7) is 1.44. The molecule has 1 aromatic rings. The van der Waals surface area contributed by atoms with Gasteiger partial charge in [-0.3, -0.25) is 0 Å². The highest BCUT2D eigenvalue weighted by atomic mass is 35.5. The second-order valence-electron chi connectivity index (χ2n) is 3.02. The second kappa shape index (κ2) is 3.52. The third kappa shape index (κ3) is 2.11. The van der Waals surface area contributed by atoms with E-state index in [1.807, 2.05) is 0 Å². The van der Waals surface area contributed by atoms with Gasteiger partial charge in [-0.15, -0.1) is 0 Å². The van der Waals surface area contributed by atoms with E-state index in [2.05, 4.69) is 0 Å². The molecule has 1 heterocycles. The lowest BCUT2D eigenvalue weighted by molar-refractivity contribution is 0.0783. The van der Waals surface area contributed by atoms with Gasteiger partial charge in [0.05, 0.1) is 13.1 Å². The van der Waals surface area contributed by atoms with E-state index in [0.717, 1.165) is 13.1 Å². The molecule has 0 unspecified atom stereocenters. The van der Waals surface area contributed by atoms with Crippen LogP contribution in [-0.2, 0) is 0 Å². The van der Waals surface area contributed by atoms with Crippen molar-refractivity contribution in [2.24, 2.45) is 0 Å². The molecule has 0 bridgehead atoms. The fraction of sp³-hybridized carbons (Fsp3) is 0.333. The summed E-state index contributed by atoms with van der Waals surface area (Å²) in [5.41, 5.74) is 0. The Morgan fingerprint density at radius 1 is 1.31 bits per heavy atom. The van der Waals surface area contributed by atoms with Crippen molar-refractivity contribution in [2.75, 3.05) is 13.1 Å². The van der Waals surface area contributed by atoms with Gasteiger partial charge in [0.1, 0.15) is 17.7 Å². The smallest absolute Gasteiger partial charge is 0.127 e. The zero-order valence-corrected chi connectivity index (χ0v) is 7.67. The van der Waals surface area contributed by atoms with Crippen molar-refractivity contribution in [3.05, 3.63) is 30.1 Å². The van der Waals surface area contributed by atoms with Crippen LogP contribution < -0.4 is 4.74 Å². The number of halogens is 2. The van der Waals surface area contributed by atoms with Crippen molar-refractivity contribution in [2.45, 2.75) is 6.10 Å². The predicted octanol–water partition coefficient (Wildman–Crippen LogP) is 2.04. The van der Waals surface area contributed by atoms with Gasteiger partial charge in [0, 0.05) is 0 Å². The SMILES string of the molecule is Fc1ccc(OC2CN(Cl)C2)cc1. The molecule has 1 saturated heterocycles. The molecule has 1 aliphatic heterocycles. The van der Waals surface area contributed by atoms with E-state index in [9.17, 15) is 4.39 Å². The molecule has 1 aliphatic rings. The van der Waals surface area contributed by atoms with E-state index in [1.165, 1.54) is 12.1 Å². The minimum atomic E-state index is -0.250. The molecule has 0 spiro atoms. The Morgan fingerprint density at radius 2 is 1.92 bits per heavy atom. The first-order valence-electron chi connectivity index (χ1n) is 4.07. The van der Waals surface area contributed by atoms with E-state index < -0.39 is 0 Å². The highest BCUT2D eigenvalue weighted by molar-refractivity contribution is 6.13. The van der Waals surface area contributed by atoms with Crippen LogP contribution in [0, 0.1) is 5.82 Å². The Balaban J connectivity index is 1.91. The van der Waals surface area contributed by atoms with Crippen molar-refractivity contribution in [3.63, 3.8) is 0 Å². The van der Waals surface area contributed by atoms with Gasteiger partial charge in [0.2, 0.25) is 0 Å². The van der Waals surface area contributed by atoms with Crippen molar-refractivity contribution >= 4 is 11.8 Å². The van der Waals surface area contributed by atoms with Gasteiger partial charge in [0.25, 0.3) is 0 Å². The molecular formula is C9H9ClFNO. The molecule has 0 amide bonds. The number of rotatable bonds is 2. The first-order chi connectivity index (χ1) is 6.24. The van der Waals surface area contributed by atoms with E-state index in [-0.39, 0.29) is 11.9 Å². The summed E-state index contributed by atoms with van der Waals surface area (Å²) in [7, 11) is 0. The Morgan fingerprint density at radius 3 is 2.46 bits per heavy atom. The third-order valence-corrected chi connectivity index (χ3v) is 2.20. The molecule has 4 heteroatoms. The van der Waals surface area contributed by atoms with Crippen molar-refractivity contribution in [3.8, 4) is 5.75 Å². The fourth-order valence-electron chi connectivity index (χ4n) is 1.17. The van der Waals surface area contributed by atoms with Crippen LogP contribution in [0.1, 0.15) is 0 Å². The average molecular weight is 202 g/mol. The minimum absolute atomic E-state index is 0.142. The molecule has 1 fully saturated rings. The first-order valence-corrected chi connectivity index (χ1v) is 4.41. The summed E-state index contributed by atoms with van der Waals surface area (Å²) in [6, 6.07) is 6.00. The number of nitrogens with zero attached hydrogens (tertiary/aromatic N) is 1. The van der Waals surface area contributed by atoms with Gasteiger partial charge in [-0.05, 0) is 36.0 Å². The molecule has 0 radical (unpaired) electrons. The van der Waals surface area contributed by atoms with Gasteiger partial charge >= 0.3 is 0 Å².